The van der Waals surface area contributed by atoms with E-state index in [9.17, 15) is 0 Å². The van der Waals surface area contributed by atoms with Crippen LogP contribution >= 0.6 is 35.6 Å². The van der Waals surface area contributed by atoms with Gasteiger partial charge in [-0.25, -0.2) is 0 Å². The molecule has 1 N–H and O–H groups in total. The topological polar surface area (TPSA) is 40.1 Å². The zero-order valence-corrected chi connectivity index (χ0v) is 17.8. The molecule has 0 spiro atoms. The monoisotopic (exact) mass is 476 g/mol. The molecule has 2 aliphatic heterocycles. The first-order valence-electron chi connectivity index (χ1n) is 8.38. The zero-order chi connectivity index (χ0) is 16.9. The molecule has 1 aromatic rings. The summed E-state index contributed by atoms with van der Waals surface area (Å²) < 4.78 is 5.41. The third kappa shape index (κ3) is 5.01. The first-order chi connectivity index (χ1) is 11.7. The summed E-state index contributed by atoms with van der Waals surface area (Å²) in [4.78, 5) is 9.31. The van der Waals surface area contributed by atoms with Crippen LogP contribution in [0, 0.1) is 0 Å². The first kappa shape index (κ1) is 20.3. The number of guanidine groups is 1. The number of benzene rings is 1. The van der Waals surface area contributed by atoms with E-state index in [0.717, 1.165) is 43.5 Å². The van der Waals surface area contributed by atoms with Crippen LogP contribution in [0.3, 0.4) is 0 Å². The molecule has 0 amide bonds. The van der Waals surface area contributed by atoms with Gasteiger partial charge in [0.1, 0.15) is 5.75 Å². The van der Waals surface area contributed by atoms with Crippen molar-refractivity contribution in [1.29, 1.82) is 0 Å². The second-order valence-corrected chi connectivity index (χ2v) is 6.61. The molecule has 5 nitrogen and oxygen atoms in total. The number of nitrogens with one attached hydrogen (secondary N) is 1. The molecule has 1 aromatic carbocycles. The summed E-state index contributed by atoms with van der Waals surface area (Å²) >= 11 is 6.03. The van der Waals surface area contributed by atoms with E-state index in [2.05, 4.69) is 32.3 Å². The quantitative estimate of drug-likeness (QED) is 0.314. The molecule has 138 valence electrons. The largest absolute Gasteiger partial charge is 0.496 e. The Bertz CT molecular complexity index is 630. The van der Waals surface area contributed by atoms with Crippen molar-refractivity contribution in [1.82, 2.24) is 15.1 Å². The molecule has 2 aliphatic rings. The van der Waals surface area contributed by atoms with E-state index in [4.69, 9.17) is 16.3 Å². The highest BCUT2D eigenvalue weighted by molar-refractivity contribution is 14.0. The predicted octanol–water partition coefficient (Wildman–Crippen LogP) is 2.99. The Balaban J connectivity index is 0.00000225. The van der Waals surface area contributed by atoms with Crippen LogP contribution in [0.4, 0.5) is 0 Å². The van der Waals surface area contributed by atoms with E-state index in [-0.39, 0.29) is 24.0 Å². The Morgan fingerprint density at radius 2 is 2.12 bits per heavy atom. The van der Waals surface area contributed by atoms with Crippen molar-refractivity contribution < 1.29 is 4.74 Å². The summed E-state index contributed by atoms with van der Waals surface area (Å²) in [6.45, 7) is 4.89. The molecule has 0 radical (unpaired) electrons. The van der Waals surface area contributed by atoms with Crippen LogP contribution in [0.5, 0.6) is 5.75 Å². The summed E-state index contributed by atoms with van der Waals surface area (Å²) in [7, 11) is 3.51. The van der Waals surface area contributed by atoms with E-state index >= 15 is 0 Å². The van der Waals surface area contributed by atoms with Crippen LogP contribution in [-0.2, 0) is 6.54 Å². The van der Waals surface area contributed by atoms with Crippen molar-refractivity contribution in [3.63, 3.8) is 0 Å². The van der Waals surface area contributed by atoms with Gasteiger partial charge in [0.05, 0.1) is 7.11 Å². The normalized spacial score (nSPS) is 20.7. The Labute approximate surface area is 172 Å². The van der Waals surface area contributed by atoms with Gasteiger partial charge in [-0.05, 0) is 18.6 Å². The van der Waals surface area contributed by atoms with Crippen LogP contribution in [0.25, 0.3) is 0 Å². The summed E-state index contributed by atoms with van der Waals surface area (Å²) in [6.07, 6.45) is 5.69. The number of halogens is 2. The molecule has 25 heavy (non-hydrogen) atoms. The Morgan fingerprint density at radius 1 is 1.36 bits per heavy atom. The summed E-state index contributed by atoms with van der Waals surface area (Å²) in [5.74, 6) is 1.74. The SMILES string of the molecule is CN=C(NCc1ccc(Cl)cc1OC)N1CCC(N2CC=CC2)C1.I. The molecule has 1 saturated heterocycles. The number of nitrogens with zero attached hydrogens (tertiary/aromatic N) is 3. The molecule has 7 heteroatoms. The first-order valence-corrected chi connectivity index (χ1v) is 8.76. The summed E-state index contributed by atoms with van der Waals surface area (Å²) in [5, 5.41) is 4.13. The second-order valence-electron chi connectivity index (χ2n) is 6.17. The number of hydrogen-bond donors (Lipinski definition) is 1. The van der Waals surface area contributed by atoms with Crippen molar-refractivity contribution >= 4 is 41.5 Å². The fourth-order valence-corrected chi connectivity index (χ4v) is 3.56. The lowest BCUT2D eigenvalue weighted by Crippen LogP contribution is -2.42. The van der Waals surface area contributed by atoms with Gasteiger partial charge >= 0.3 is 0 Å². The highest BCUT2D eigenvalue weighted by Gasteiger charge is 2.29. The molecular weight excluding hydrogens is 451 g/mol. The molecule has 2 heterocycles. The fraction of sp³-hybridized carbons (Fsp3) is 0.500. The molecule has 1 fully saturated rings. The van der Waals surface area contributed by atoms with E-state index in [1.807, 2.05) is 25.2 Å². The van der Waals surface area contributed by atoms with Crippen LogP contribution in [0.1, 0.15) is 12.0 Å². The van der Waals surface area contributed by atoms with Gasteiger partial charge in [-0.2, -0.15) is 0 Å². The van der Waals surface area contributed by atoms with Crippen molar-refractivity contribution in [3.8, 4) is 5.75 Å². The molecule has 1 atom stereocenters. The Morgan fingerprint density at radius 3 is 2.80 bits per heavy atom. The highest BCUT2D eigenvalue weighted by Crippen LogP contribution is 2.23. The molecular formula is C18H26ClIN4O. The maximum Gasteiger partial charge on any atom is 0.193 e. The molecule has 0 bridgehead atoms. The predicted molar refractivity (Wildman–Crippen MR) is 114 cm³/mol. The van der Waals surface area contributed by atoms with E-state index < -0.39 is 0 Å². The van der Waals surface area contributed by atoms with Crippen molar-refractivity contribution in [2.24, 2.45) is 4.99 Å². The number of rotatable bonds is 4. The lowest BCUT2D eigenvalue weighted by atomic mass is 10.2. The van der Waals surface area contributed by atoms with E-state index in [1.54, 1.807) is 7.11 Å². The number of aliphatic imine (C=N–C) groups is 1. The van der Waals surface area contributed by atoms with E-state index in [1.165, 1.54) is 6.42 Å². The van der Waals surface area contributed by atoms with Gasteiger partial charge in [0.2, 0.25) is 0 Å². The molecule has 0 aliphatic carbocycles. The average Bonchev–Trinajstić information content (AvgIpc) is 3.27. The summed E-state index contributed by atoms with van der Waals surface area (Å²) in [6, 6.07) is 6.33. The number of methoxy groups -OCH3 is 1. The van der Waals surface area contributed by atoms with Crippen molar-refractivity contribution in [3.05, 3.63) is 40.9 Å². The molecule has 0 saturated carbocycles. The lowest BCUT2D eigenvalue weighted by molar-refractivity contribution is 0.259. The van der Waals surface area contributed by atoms with Gasteiger partial charge in [-0.15, -0.1) is 24.0 Å². The van der Waals surface area contributed by atoms with Crippen molar-refractivity contribution in [2.75, 3.05) is 40.3 Å². The standard InChI is InChI=1S/C18H25ClN4O.HI/c1-20-18(21-12-14-5-6-15(19)11-17(14)24-2)23-10-7-16(13-23)22-8-3-4-9-22;/h3-6,11,16H,7-10,12-13H2,1-2H3,(H,20,21);1H. The van der Waals surface area contributed by atoms with Gasteiger partial charge in [0.25, 0.3) is 0 Å². The fourth-order valence-electron chi connectivity index (χ4n) is 3.40. The minimum absolute atomic E-state index is 0. The highest BCUT2D eigenvalue weighted by atomic mass is 127. The molecule has 1 unspecified atom stereocenters. The van der Waals surface area contributed by atoms with Gasteiger partial charge in [-0.3, -0.25) is 9.89 Å². The minimum atomic E-state index is 0. The van der Waals surface area contributed by atoms with Gasteiger partial charge in [0, 0.05) is 56.4 Å². The van der Waals surface area contributed by atoms with Crippen LogP contribution < -0.4 is 10.1 Å². The maximum absolute atomic E-state index is 6.03. The van der Waals surface area contributed by atoms with E-state index in [0.29, 0.717) is 17.6 Å². The van der Waals surface area contributed by atoms with Gasteiger partial charge in [-0.1, -0.05) is 29.8 Å². The maximum atomic E-state index is 6.03. The third-order valence-electron chi connectivity index (χ3n) is 4.72. The van der Waals surface area contributed by atoms with Crippen molar-refractivity contribution in [2.45, 2.75) is 19.0 Å². The van der Waals surface area contributed by atoms with Gasteiger partial charge < -0.3 is 15.0 Å². The Hall–Kier alpha value is -0.990. The second kappa shape index (κ2) is 9.64. The molecule has 3 rings (SSSR count). The number of ether oxygens (including phenoxy) is 1. The Kier molecular flexibility index (Phi) is 7.83. The third-order valence-corrected chi connectivity index (χ3v) is 4.96. The van der Waals surface area contributed by atoms with Crippen LogP contribution in [0.15, 0.2) is 35.3 Å². The van der Waals surface area contributed by atoms with Crippen LogP contribution in [-0.4, -0.2) is 62.1 Å². The lowest BCUT2D eigenvalue weighted by Gasteiger charge is -2.25. The van der Waals surface area contributed by atoms with Crippen LogP contribution in [0.2, 0.25) is 5.02 Å². The number of likely N-dealkylation sites (tertiary alicyclic amines) is 1. The van der Waals surface area contributed by atoms with Gasteiger partial charge in [0.15, 0.2) is 5.96 Å². The molecule has 0 aromatic heterocycles. The summed E-state index contributed by atoms with van der Waals surface area (Å²) in [5.41, 5.74) is 1.07. The zero-order valence-electron chi connectivity index (χ0n) is 14.7. The average molecular weight is 477 g/mol. The minimum Gasteiger partial charge on any atom is -0.496 e. The number of hydrogen-bond acceptors (Lipinski definition) is 3. The smallest absolute Gasteiger partial charge is 0.193 e.